The average Bonchev–Trinajstić information content (AvgIpc) is 2.47. The molecule has 0 radical (unpaired) electrons. The van der Waals surface area contributed by atoms with Crippen LogP contribution in [0.5, 0.6) is 11.5 Å². The molecule has 0 aromatic heterocycles. The van der Waals surface area contributed by atoms with Gasteiger partial charge in [0.15, 0.2) is 11.6 Å². The highest BCUT2D eigenvalue weighted by molar-refractivity contribution is 9.10. The van der Waals surface area contributed by atoms with E-state index >= 15 is 0 Å². The molecule has 0 aliphatic heterocycles. The first kappa shape index (κ1) is 15.8. The minimum atomic E-state index is -0.393. The highest BCUT2D eigenvalue weighted by Gasteiger charge is 2.03. The van der Waals surface area contributed by atoms with Gasteiger partial charge >= 0.3 is 0 Å². The van der Waals surface area contributed by atoms with Gasteiger partial charge in [-0.3, -0.25) is 0 Å². The Balaban J connectivity index is 1.76. The van der Waals surface area contributed by atoms with E-state index in [1.807, 2.05) is 24.3 Å². The Labute approximate surface area is 132 Å². The summed E-state index contributed by atoms with van der Waals surface area (Å²) in [7, 11) is 0. The van der Waals surface area contributed by atoms with Gasteiger partial charge in [0.2, 0.25) is 0 Å². The molecule has 21 heavy (non-hydrogen) atoms. The SMILES string of the molecule is NCCc1ccc(OCCOc2ccc(Br)cc2F)cc1. The molecule has 3 nitrogen and oxygen atoms in total. The first-order valence-electron chi connectivity index (χ1n) is 6.68. The van der Waals surface area contributed by atoms with Crippen molar-refractivity contribution in [2.75, 3.05) is 19.8 Å². The second-order valence-corrected chi connectivity index (χ2v) is 5.37. The van der Waals surface area contributed by atoms with Crippen LogP contribution in [0.1, 0.15) is 5.56 Å². The number of halogens is 2. The fraction of sp³-hybridized carbons (Fsp3) is 0.250. The predicted octanol–water partition coefficient (Wildman–Crippen LogP) is 3.55. The van der Waals surface area contributed by atoms with Gasteiger partial charge in [-0.1, -0.05) is 28.1 Å². The molecule has 2 N–H and O–H groups in total. The molecule has 2 aromatic rings. The maximum absolute atomic E-state index is 13.5. The van der Waals surface area contributed by atoms with Gasteiger partial charge in [-0.2, -0.15) is 0 Å². The lowest BCUT2D eigenvalue weighted by Gasteiger charge is -2.09. The molecule has 5 heteroatoms. The Morgan fingerprint density at radius 3 is 2.38 bits per heavy atom. The second-order valence-electron chi connectivity index (χ2n) is 4.45. The minimum absolute atomic E-state index is 0.222. The van der Waals surface area contributed by atoms with Crippen molar-refractivity contribution < 1.29 is 13.9 Å². The molecule has 0 spiro atoms. The van der Waals surface area contributed by atoms with E-state index in [0.29, 0.717) is 17.6 Å². The highest BCUT2D eigenvalue weighted by atomic mass is 79.9. The number of hydrogen-bond acceptors (Lipinski definition) is 3. The van der Waals surface area contributed by atoms with Crippen LogP contribution in [0.25, 0.3) is 0 Å². The third kappa shape index (κ3) is 5.02. The third-order valence-electron chi connectivity index (χ3n) is 2.86. The van der Waals surface area contributed by atoms with Crippen molar-refractivity contribution in [1.29, 1.82) is 0 Å². The Kier molecular flexibility index (Phi) is 6.02. The molecule has 112 valence electrons. The van der Waals surface area contributed by atoms with Crippen molar-refractivity contribution >= 4 is 15.9 Å². The summed E-state index contributed by atoms with van der Waals surface area (Å²) in [6.45, 7) is 1.27. The van der Waals surface area contributed by atoms with Crippen LogP contribution in [0.2, 0.25) is 0 Å². The molecule has 0 unspecified atom stereocenters. The predicted molar refractivity (Wildman–Crippen MR) is 84.3 cm³/mol. The van der Waals surface area contributed by atoms with Gasteiger partial charge in [0, 0.05) is 4.47 Å². The first-order valence-corrected chi connectivity index (χ1v) is 7.48. The number of rotatable bonds is 7. The Morgan fingerprint density at radius 2 is 1.71 bits per heavy atom. The fourth-order valence-electron chi connectivity index (χ4n) is 1.82. The van der Waals surface area contributed by atoms with Crippen LogP contribution < -0.4 is 15.2 Å². The highest BCUT2D eigenvalue weighted by Crippen LogP contribution is 2.21. The van der Waals surface area contributed by atoms with Crippen molar-refractivity contribution in [3.8, 4) is 11.5 Å². The first-order chi connectivity index (χ1) is 10.2. The molecule has 0 atom stereocenters. The summed E-state index contributed by atoms with van der Waals surface area (Å²) in [4.78, 5) is 0. The van der Waals surface area contributed by atoms with Crippen LogP contribution in [0.4, 0.5) is 4.39 Å². The van der Waals surface area contributed by atoms with E-state index in [0.717, 1.165) is 12.2 Å². The summed E-state index contributed by atoms with van der Waals surface area (Å²) in [6.07, 6.45) is 0.853. The zero-order chi connectivity index (χ0) is 15.1. The number of nitrogens with two attached hydrogens (primary N) is 1. The minimum Gasteiger partial charge on any atom is -0.490 e. The van der Waals surface area contributed by atoms with Crippen molar-refractivity contribution in [1.82, 2.24) is 0 Å². The van der Waals surface area contributed by atoms with E-state index in [-0.39, 0.29) is 12.4 Å². The van der Waals surface area contributed by atoms with E-state index < -0.39 is 5.82 Å². The van der Waals surface area contributed by atoms with Gasteiger partial charge in [0.1, 0.15) is 19.0 Å². The van der Waals surface area contributed by atoms with Crippen LogP contribution in [0, 0.1) is 5.82 Å². The van der Waals surface area contributed by atoms with Crippen molar-refractivity contribution in [2.24, 2.45) is 5.73 Å². The molecule has 0 aliphatic carbocycles. The van der Waals surface area contributed by atoms with Crippen LogP contribution in [-0.4, -0.2) is 19.8 Å². The van der Waals surface area contributed by atoms with Gasteiger partial charge in [0.25, 0.3) is 0 Å². The van der Waals surface area contributed by atoms with Crippen molar-refractivity contribution in [3.05, 3.63) is 58.3 Å². The van der Waals surface area contributed by atoms with E-state index in [1.54, 1.807) is 12.1 Å². The summed E-state index contributed by atoms with van der Waals surface area (Å²) in [5, 5.41) is 0. The molecule has 0 aliphatic rings. The van der Waals surface area contributed by atoms with E-state index in [9.17, 15) is 4.39 Å². The van der Waals surface area contributed by atoms with Crippen molar-refractivity contribution in [2.45, 2.75) is 6.42 Å². The number of hydrogen-bond donors (Lipinski definition) is 1. The molecule has 0 saturated heterocycles. The van der Waals surface area contributed by atoms with Crippen LogP contribution in [0.3, 0.4) is 0 Å². The molecule has 0 saturated carbocycles. The summed E-state index contributed by atoms with van der Waals surface area (Å²) < 4.78 is 25.1. The van der Waals surface area contributed by atoms with Gasteiger partial charge < -0.3 is 15.2 Å². The van der Waals surface area contributed by atoms with Gasteiger partial charge in [-0.25, -0.2) is 4.39 Å². The Morgan fingerprint density at radius 1 is 1.00 bits per heavy atom. The number of benzene rings is 2. The molecule has 0 amide bonds. The lowest BCUT2D eigenvalue weighted by molar-refractivity contribution is 0.211. The van der Waals surface area contributed by atoms with Gasteiger partial charge in [0.05, 0.1) is 0 Å². The monoisotopic (exact) mass is 353 g/mol. The Hall–Kier alpha value is -1.59. The fourth-order valence-corrected chi connectivity index (χ4v) is 2.16. The normalized spacial score (nSPS) is 10.4. The third-order valence-corrected chi connectivity index (χ3v) is 3.35. The second kappa shape index (κ2) is 8.00. The topological polar surface area (TPSA) is 44.5 Å². The maximum Gasteiger partial charge on any atom is 0.166 e. The van der Waals surface area contributed by atoms with Gasteiger partial charge in [-0.15, -0.1) is 0 Å². The molecular formula is C16H17BrFNO2. The Bertz CT molecular complexity index is 575. The lowest BCUT2D eigenvalue weighted by atomic mass is 10.1. The quantitative estimate of drug-likeness (QED) is 0.774. The standard InChI is InChI=1S/C16H17BrFNO2/c17-13-3-6-16(15(18)11-13)21-10-9-20-14-4-1-12(2-5-14)7-8-19/h1-6,11H,7-10,19H2. The molecule has 2 rings (SSSR count). The zero-order valence-electron chi connectivity index (χ0n) is 11.5. The smallest absolute Gasteiger partial charge is 0.166 e. The van der Waals surface area contributed by atoms with E-state index in [4.69, 9.17) is 15.2 Å². The largest absolute Gasteiger partial charge is 0.490 e. The van der Waals surface area contributed by atoms with E-state index in [2.05, 4.69) is 15.9 Å². The van der Waals surface area contributed by atoms with Crippen LogP contribution in [0.15, 0.2) is 46.9 Å². The lowest BCUT2D eigenvalue weighted by Crippen LogP contribution is -2.09. The maximum atomic E-state index is 13.5. The number of ether oxygens (including phenoxy) is 2. The summed E-state index contributed by atoms with van der Waals surface area (Å²) >= 11 is 3.20. The van der Waals surface area contributed by atoms with E-state index in [1.165, 1.54) is 11.6 Å². The molecular weight excluding hydrogens is 337 g/mol. The van der Waals surface area contributed by atoms with Crippen LogP contribution >= 0.6 is 15.9 Å². The summed E-state index contributed by atoms with van der Waals surface area (Å²) in [5.41, 5.74) is 6.67. The summed E-state index contributed by atoms with van der Waals surface area (Å²) in [6, 6.07) is 12.4. The molecule has 0 heterocycles. The van der Waals surface area contributed by atoms with Crippen molar-refractivity contribution in [3.63, 3.8) is 0 Å². The molecule has 2 aromatic carbocycles. The van der Waals surface area contributed by atoms with Crippen LogP contribution in [-0.2, 0) is 6.42 Å². The molecule has 0 fully saturated rings. The summed E-state index contributed by atoms with van der Waals surface area (Å²) in [5.74, 6) is 0.589. The average molecular weight is 354 g/mol. The zero-order valence-corrected chi connectivity index (χ0v) is 13.1. The van der Waals surface area contributed by atoms with Gasteiger partial charge in [-0.05, 0) is 48.9 Å². The molecule has 0 bridgehead atoms.